The summed E-state index contributed by atoms with van der Waals surface area (Å²) >= 11 is 6.65. The highest BCUT2D eigenvalue weighted by molar-refractivity contribution is 6.32. The molecule has 0 saturated heterocycles. The lowest BCUT2D eigenvalue weighted by molar-refractivity contribution is -0.156. The van der Waals surface area contributed by atoms with Crippen molar-refractivity contribution in [1.29, 1.82) is 0 Å². The van der Waals surface area contributed by atoms with Gasteiger partial charge in [0.15, 0.2) is 11.6 Å². The standard InChI is InChI=1S/C21H27ClO3/c1-12(23)21(25)9-6-16-14-11-18(22)17-10-13(24)4-7-19(17,2)15(14)5-8-20(16,21)3/h10-11,14-16,25H,4-9H2,1-3H3/t14-,15+,16+,19-,20+,21+/m1/s1. The third kappa shape index (κ3) is 2.09. The highest BCUT2D eigenvalue weighted by Crippen LogP contribution is 2.67. The minimum atomic E-state index is -1.21. The smallest absolute Gasteiger partial charge is 0.161 e. The number of ketones is 2. The van der Waals surface area contributed by atoms with Crippen molar-refractivity contribution in [3.05, 3.63) is 22.8 Å². The van der Waals surface area contributed by atoms with Gasteiger partial charge in [-0.2, -0.15) is 0 Å². The SMILES string of the molecule is CC(=O)[C@@]1(O)CC[C@H]2[C@@H]3C=C(Cl)C4=CC(=O)CC[C@]4(C)[C@H]3CC[C@@]21C. The summed E-state index contributed by atoms with van der Waals surface area (Å²) in [5.41, 5.74) is -0.643. The van der Waals surface area contributed by atoms with E-state index in [1.165, 1.54) is 6.92 Å². The zero-order valence-corrected chi connectivity index (χ0v) is 16.0. The fourth-order valence-corrected chi connectivity index (χ4v) is 7.08. The molecule has 0 amide bonds. The number of rotatable bonds is 1. The Morgan fingerprint density at radius 1 is 1.20 bits per heavy atom. The summed E-state index contributed by atoms with van der Waals surface area (Å²) in [5, 5.41) is 11.9. The number of hydrogen-bond donors (Lipinski definition) is 1. The molecule has 3 nitrogen and oxygen atoms in total. The molecule has 6 atom stereocenters. The van der Waals surface area contributed by atoms with E-state index in [0.717, 1.165) is 31.3 Å². The molecule has 136 valence electrons. The molecule has 0 heterocycles. The third-order valence-corrected chi connectivity index (χ3v) is 8.62. The maximum atomic E-state index is 12.2. The van der Waals surface area contributed by atoms with Crippen molar-refractivity contribution in [2.24, 2.45) is 28.6 Å². The van der Waals surface area contributed by atoms with Gasteiger partial charge in [-0.3, -0.25) is 9.59 Å². The molecule has 0 aromatic rings. The fourth-order valence-electron chi connectivity index (χ4n) is 6.67. The Bertz CT molecular complexity index is 723. The van der Waals surface area contributed by atoms with E-state index in [0.29, 0.717) is 23.8 Å². The van der Waals surface area contributed by atoms with Crippen molar-refractivity contribution in [3.63, 3.8) is 0 Å². The van der Waals surface area contributed by atoms with E-state index in [4.69, 9.17) is 11.6 Å². The van der Waals surface area contributed by atoms with Gasteiger partial charge in [-0.1, -0.05) is 31.5 Å². The first-order valence-corrected chi connectivity index (χ1v) is 9.87. The van der Waals surface area contributed by atoms with E-state index in [-0.39, 0.29) is 34.2 Å². The quantitative estimate of drug-likeness (QED) is 0.761. The lowest BCUT2D eigenvalue weighted by Crippen LogP contribution is -2.56. The molecule has 0 aliphatic heterocycles. The van der Waals surface area contributed by atoms with Crippen LogP contribution >= 0.6 is 11.6 Å². The topological polar surface area (TPSA) is 54.4 Å². The Balaban J connectivity index is 1.80. The molecule has 0 aromatic carbocycles. The molecular weight excluding hydrogens is 336 g/mol. The number of aliphatic hydroxyl groups is 1. The summed E-state index contributed by atoms with van der Waals surface area (Å²) in [4.78, 5) is 24.2. The predicted octanol–water partition coefficient (Wildman–Crippen LogP) is 4.18. The van der Waals surface area contributed by atoms with Crippen LogP contribution in [-0.2, 0) is 9.59 Å². The van der Waals surface area contributed by atoms with Gasteiger partial charge >= 0.3 is 0 Å². The van der Waals surface area contributed by atoms with Crippen LogP contribution in [0.25, 0.3) is 0 Å². The molecule has 4 aliphatic carbocycles. The molecule has 0 radical (unpaired) electrons. The third-order valence-electron chi connectivity index (χ3n) is 8.29. The summed E-state index contributed by atoms with van der Waals surface area (Å²) in [5.74, 6) is 1.04. The van der Waals surface area contributed by atoms with Gasteiger partial charge in [0.25, 0.3) is 0 Å². The maximum absolute atomic E-state index is 12.2. The van der Waals surface area contributed by atoms with Crippen LogP contribution < -0.4 is 0 Å². The van der Waals surface area contributed by atoms with Crippen molar-refractivity contribution in [1.82, 2.24) is 0 Å². The number of Topliss-reactive ketones (excluding diaryl/α,β-unsaturated/α-hetero) is 1. The van der Waals surface area contributed by atoms with E-state index in [1.807, 2.05) is 0 Å². The molecule has 0 aromatic heterocycles. The molecule has 2 fully saturated rings. The van der Waals surface area contributed by atoms with Crippen LogP contribution in [0, 0.1) is 28.6 Å². The number of fused-ring (bicyclic) bond motifs is 5. The Hall–Kier alpha value is -0.930. The zero-order chi connectivity index (χ0) is 18.2. The lowest BCUT2D eigenvalue weighted by atomic mass is 9.48. The second kappa shape index (κ2) is 5.29. The van der Waals surface area contributed by atoms with Gasteiger partial charge in [0, 0.05) is 16.9 Å². The Kier molecular flexibility index (Phi) is 3.70. The fraction of sp³-hybridized carbons (Fsp3) is 0.714. The number of halogens is 1. The second-order valence-electron chi connectivity index (χ2n) is 9.16. The molecule has 0 unspecified atom stereocenters. The summed E-state index contributed by atoms with van der Waals surface area (Å²) in [6.07, 6.45) is 8.57. The van der Waals surface area contributed by atoms with Gasteiger partial charge < -0.3 is 5.11 Å². The molecule has 4 heteroatoms. The monoisotopic (exact) mass is 362 g/mol. The molecule has 25 heavy (non-hydrogen) atoms. The van der Waals surface area contributed by atoms with Crippen LogP contribution in [0.5, 0.6) is 0 Å². The number of carbonyl (C=O) groups is 2. The molecular formula is C21H27ClO3. The van der Waals surface area contributed by atoms with Crippen LogP contribution in [-0.4, -0.2) is 22.3 Å². The summed E-state index contributed by atoms with van der Waals surface area (Å²) in [6.45, 7) is 5.88. The van der Waals surface area contributed by atoms with Gasteiger partial charge in [-0.05, 0) is 73.8 Å². The zero-order valence-electron chi connectivity index (χ0n) is 15.3. The highest BCUT2D eigenvalue weighted by Gasteiger charge is 2.65. The van der Waals surface area contributed by atoms with Gasteiger partial charge in [0.1, 0.15) is 5.60 Å². The Morgan fingerprint density at radius 2 is 1.88 bits per heavy atom. The second-order valence-corrected chi connectivity index (χ2v) is 9.57. The molecule has 1 N–H and O–H groups in total. The molecule has 0 bridgehead atoms. The van der Waals surface area contributed by atoms with Crippen LogP contribution in [0.15, 0.2) is 22.8 Å². The number of hydrogen-bond acceptors (Lipinski definition) is 3. The summed E-state index contributed by atoms with van der Waals surface area (Å²) < 4.78 is 0. The number of allylic oxidation sites excluding steroid dienone is 4. The molecule has 4 rings (SSSR count). The van der Waals surface area contributed by atoms with Crippen molar-refractivity contribution < 1.29 is 14.7 Å². The minimum absolute atomic E-state index is 0.0668. The predicted molar refractivity (Wildman–Crippen MR) is 97.0 cm³/mol. The first kappa shape index (κ1) is 17.5. The van der Waals surface area contributed by atoms with E-state index < -0.39 is 5.60 Å². The normalized spacial score (nSPS) is 48.8. The molecule has 0 spiro atoms. The van der Waals surface area contributed by atoms with Crippen molar-refractivity contribution in [2.45, 2.75) is 64.9 Å². The first-order chi connectivity index (χ1) is 11.6. The van der Waals surface area contributed by atoms with E-state index in [2.05, 4.69) is 19.9 Å². The van der Waals surface area contributed by atoms with E-state index in [1.54, 1.807) is 6.08 Å². The van der Waals surface area contributed by atoms with E-state index in [9.17, 15) is 14.7 Å². The first-order valence-electron chi connectivity index (χ1n) is 9.49. The average Bonchev–Trinajstić information content (AvgIpc) is 2.83. The van der Waals surface area contributed by atoms with Crippen molar-refractivity contribution in [3.8, 4) is 0 Å². The number of carbonyl (C=O) groups excluding carboxylic acids is 2. The maximum Gasteiger partial charge on any atom is 0.161 e. The average molecular weight is 363 g/mol. The lowest BCUT2D eigenvalue weighted by Gasteiger charge is -2.57. The van der Waals surface area contributed by atoms with Crippen molar-refractivity contribution in [2.75, 3.05) is 0 Å². The van der Waals surface area contributed by atoms with Gasteiger partial charge in [-0.25, -0.2) is 0 Å². The highest BCUT2D eigenvalue weighted by atomic mass is 35.5. The minimum Gasteiger partial charge on any atom is -0.382 e. The van der Waals surface area contributed by atoms with Crippen LogP contribution in [0.1, 0.15) is 59.3 Å². The molecule has 4 aliphatic rings. The van der Waals surface area contributed by atoms with Crippen LogP contribution in [0.4, 0.5) is 0 Å². The Labute approximate surface area is 154 Å². The van der Waals surface area contributed by atoms with E-state index >= 15 is 0 Å². The van der Waals surface area contributed by atoms with Gasteiger partial charge in [0.05, 0.1) is 0 Å². The summed E-state index contributed by atoms with van der Waals surface area (Å²) in [7, 11) is 0. The van der Waals surface area contributed by atoms with Gasteiger partial charge in [0.2, 0.25) is 0 Å². The van der Waals surface area contributed by atoms with Crippen LogP contribution in [0.2, 0.25) is 0 Å². The summed E-state index contributed by atoms with van der Waals surface area (Å²) in [6, 6.07) is 0. The van der Waals surface area contributed by atoms with Crippen LogP contribution in [0.3, 0.4) is 0 Å². The van der Waals surface area contributed by atoms with Crippen molar-refractivity contribution >= 4 is 23.2 Å². The molecule has 2 saturated carbocycles. The Morgan fingerprint density at radius 3 is 2.56 bits per heavy atom. The van der Waals surface area contributed by atoms with Gasteiger partial charge in [-0.15, -0.1) is 0 Å². The largest absolute Gasteiger partial charge is 0.382 e.